The first kappa shape index (κ1) is 28.7. The van der Waals surface area contributed by atoms with Crippen LogP contribution in [0.2, 0.25) is 0 Å². The molecule has 4 rings (SSSR count). The summed E-state index contributed by atoms with van der Waals surface area (Å²) < 4.78 is 14.4. The first-order valence-corrected chi connectivity index (χ1v) is 13.1. The summed E-state index contributed by atoms with van der Waals surface area (Å²) in [6, 6.07) is 9.01. The molecule has 0 bridgehead atoms. The van der Waals surface area contributed by atoms with Gasteiger partial charge < -0.3 is 36.1 Å². The lowest BCUT2D eigenvalue weighted by atomic mass is 10.1. The van der Waals surface area contributed by atoms with Gasteiger partial charge in [0.15, 0.2) is 0 Å². The van der Waals surface area contributed by atoms with Crippen molar-refractivity contribution in [1.82, 2.24) is 25.2 Å². The fourth-order valence-electron chi connectivity index (χ4n) is 4.72. The second kappa shape index (κ2) is 12.3. The fraction of sp³-hybridized carbons (Fsp3) is 0.357. The van der Waals surface area contributed by atoms with Crippen LogP contribution in [0.1, 0.15) is 43.5 Å². The fourth-order valence-corrected chi connectivity index (χ4v) is 4.72. The molecule has 2 atom stereocenters. The Bertz CT molecular complexity index is 1600. The van der Waals surface area contributed by atoms with Gasteiger partial charge in [-0.1, -0.05) is 6.07 Å². The van der Waals surface area contributed by atoms with Gasteiger partial charge in [0.2, 0.25) is 5.91 Å². The molecule has 12 heteroatoms. The SMILES string of the molecule is CCN(CC)C(=O)C[C@H](O)C[C@@H](O)CCNC(=O)c1ccc2nc(-c3c(N)c4c(F)cccc4[nH]c3=O)[nH]c2c1. The number of benzene rings is 2. The van der Waals surface area contributed by atoms with E-state index in [1.54, 1.807) is 29.2 Å². The number of nitrogens with one attached hydrogen (secondary N) is 3. The predicted molar refractivity (Wildman–Crippen MR) is 150 cm³/mol. The summed E-state index contributed by atoms with van der Waals surface area (Å²) in [5.41, 5.74) is 7.12. The Balaban J connectivity index is 1.40. The zero-order valence-electron chi connectivity index (χ0n) is 22.3. The van der Waals surface area contributed by atoms with Crippen molar-refractivity contribution >= 4 is 39.4 Å². The van der Waals surface area contributed by atoms with Crippen molar-refractivity contribution in [1.29, 1.82) is 0 Å². The number of imidazole rings is 1. The quantitative estimate of drug-likeness (QED) is 0.165. The lowest BCUT2D eigenvalue weighted by molar-refractivity contribution is -0.133. The van der Waals surface area contributed by atoms with Crippen LogP contribution in [0.5, 0.6) is 0 Å². The van der Waals surface area contributed by atoms with Crippen LogP contribution in [0.15, 0.2) is 41.2 Å². The molecule has 0 spiro atoms. The van der Waals surface area contributed by atoms with Gasteiger partial charge in [-0.05, 0) is 57.0 Å². The van der Waals surface area contributed by atoms with E-state index in [0.29, 0.717) is 29.7 Å². The number of amides is 2. The number of nitrogen functional groups attached to an aromatic ring is 1. The van der Waals surface area contributed by atoms with Gasteiger partial charge in [-0.3, -0.25) is 14.4 Å². The third kappa shape index (κ3) is 6.13. The van der Waals surface area contributed by atoms with Crippen molar-refractivity contribution < 1.29 is 24.2 Å². The van der Waals surface area contributed by atoms with Crippen molar-refractivity contribution in [3.8, 4) is 11.4 Å². The first-order chi connectivity index (χ1) is 19.1. The maximum Gasteiger partial charge on any atom is 0.261 e. The van der Waals surface area contributed by atoms with Gasteiger partial charge in [0.05, 0.1) is 46.3 Å². The number of nitrogens with zero attached hydrogens (tertiary/aromatic N) is 2. The van der Waals surface area contributed by atoms with E-state index in [-0.39, 0.29) is 59.7 Å². The highest BCUT2D eigenvalue weighted by Crippen LogP contribution is 2.30. The second-order valence-corrected chi connectivity index (χ2v) is 9.58. The number of halogens is 1. The van der Waals surface area contributed by atoms with Crippen LogP contribution < -0.4 is 16.6 Å². The zero-order chi connectivity index (χ0) is 29.0. The number of anilines is 1. The van der Waals surface area contributed by atoms with E-state index in [4.69, 9.17) is 5.73 Å². The van der Waals surface area contributed by atoms with Gasteiger partial charge in [0, 0.05) is 25.2 Å². The number of hydrogen-bond donors (Lipinski definition) is 6. The molecule has 4 aromatic rings. The minimum Gasteiger partial charge on any atom is -0.397 e. The molecule has 2 aromatic heterocycles. The number of aliphatic hydroxyl groups is 2. The first-order valence-electron chi connectivity index (χ1n) is 13.1. The van der Waals surface area contributed by atoms with Gasteiger partial charge in [-0.2, -0.15) is 0 Å². The molecular formula is C28H33FN6O5. The summed E-state index contributed by atoms with van der Waals surface area (Å²) in [5, 5.41) is 23.2. The van der Waals surface area contributed by atoms with Gasteiger partial charge in [0.25, 0.3) is 11.5 Å². The average Bonchev–Trinajstić information content (AvgIpc) is 3.31. The van der Waals surface area contributed by atoms with Crippen LogP contribution in [0.4, 0.5) is 10.1 Å². The Morgan fingerprint density at radius 3 is 2.58 bits per heavy atom. The Morgan fingerprint density at radius 1 is 1.10 bits per heavy atom. The Hall–Kier alpha value is -4.29. The smallest absolute Gasteiger partial charge is 0.261 e. The molecule has 2 heterocycles. The number of rotatable bonds is 11. The molecular weight excluding hydrogens is 519 g/mol. The number of pyridine rings is 1. The van der Waals surface area contributed by atoms with Crippen molar-refractivity contribution in [3.63, 3.8) is 0 Å². The standard InChI is InChI=1S/C28H33FN6O5/c1-3-35(4-2)22(38)14-17(37)13-16(36)10-11-31-27(39)15-8-9-19-21(12-15)33-26(32-19)24-25(30)23-18(29)6-5-7-20(23)34-28(24)40/h5-9,12,16-17,36-37H,3-4,10-11,13-14H2,1-2H3,(H,31,39)(H,32,33)(H3,30,34,40)/t16-,17+/m0/s1. The Kier molecular flexibility index (Phi) is 8.80. The predicted octanol–water partition coefficient (Wildman–Crippen LogP) is 2.28. The molecule has 2 amide bonds. The molecule has 40 heavy (non-hydrogen) atoms. The summed E-state index contributed by atoms with van der Waals surface area (Å²) in [6.07, 6.45) is -1.72. The molecule has 0 saturated carbocycles. The molecule has 0 aliphatic heterocycles. The van der Waals surface area contributed by atoms with Crippen molar-refractivity contribution in [2.75, 3.05) is 25.4 Å². The number of hydrogen-bond acceptors (Lipinski definition) is 7. The summed E-state index contributed by atoms with van der Waals surface area (Å²) in [6.45, 7) is 4.98. The number of aromatic amines is 2. The third-order valence-corrected chi connectivity index (χ3v) is 6.84. The van der Waals surface area contributed by atoms with E-state index in [9.17, 15) is 29.0 Å². The van der Waals surface area contributed by atoms with Crippen LogP contribution in [-0.2, 0) is 4.79 Å². The lowest BCUT2D eigenvalue weighted by Gasteiger charge is -2.21. The van der Waals surface area contributed by atoms with E-state index in [2.05, 4.69) is 20.3 Å². The minimum absolute atomic E-state index is 0.00484. The van der Waals surface area contributed by atoms with Crippen molar-refractivity contribution in [3.05, 3.63) is 58.1 Å². The normalized spacial score (nSPS) is 12.9. The second-order valence-electron chi connectivity index (χ2n) is 9.58. The van der Waals surface area contributed by atoms with Crippen molar-refractivity contribution in [2.24, 2.45) is 0 Å². The van der Waals surface area contributed by atoms with Gasteiger partial charge in [-0.25, -0.2) is 9.37 Å². The van der Waals surface area contributed by atoms with Gasteiger partial charge >= 0.3 is 0 Å². The molecule has 0 aliphatic carbocycles. The van der Waals surface area contributed by atoms with Crippen LogP contribution >= 0.6 is 0 Å². The summed E-state index contributed by atoms with van der Waals surface area (Å²) >= 11 is 0. The molecule has 0 radical (unpaired) electrons. The van der Waals surface area contributed by atoms with Crippen LogP contribution in [-0.4, -0.2) is 73.7 Å². The molecule has 212 valence electrons. The topological polar surface area (TPSA) is 177 Å². The van der Waals surface area contributed by atoms with E-state index < -0.39 is 29.5 Å². The Morgan fingerprint density at radius 2 is 1.85 bits per heavy atom. The minimum atomic E-state index is -0.976. The number of carbonyl (C=O) groups excluding carboxylic acids is 2. The largest absolute Gasteiger partial charge is 0.397 e. The molecule has 0 aliphatic rings. The highest BCUT2D eigenvalue weighted by Gasteiger charge is 2.20. The van der Waals surface area contributed by atoms with E-state index >= 15 is 0 Å². The molecule has 7 N–H and O–H groups in total. The van der Waals surface area contributed by atoms with Crippen molar-refractivity contribution in [2.45, 2.75) is 45.3 Å². The van der Waals surface area contributed by atoms with Gasteiger partial charge in [-0.15, -0.1) is 0 Å². The number of nitrogens with two attached hydrogens (primary N) is 1. The summed E-state index contributed by atoms with van der Waals surface area (Å²) in [4.78, 5) is 49.2. The molecule has 2 aromatic carbocycles. The summed E-state index contributed by atoms with van der Waals surface area (Å²) in [5.74, 6) is -1.00. The van der Waals surface area contributed by atoms with E-state index in [1.165, 1.54) is 12.1 Å². The van der Waals surface area contributed by atoms with Crippen LogP contribution in [0.3, 0.4) is 0 Å². The molecule has 0 fully saturated rings. The number of aliphatic hydroxyl groups excluding tert-OH is 2. The third-order valence-electron chi connectivity index (χ3n) is 6.84. The van der Waals surface area contributed by atoms with Crippen LogP contribution in [0.25, 0.3) is 33.3 Å². The lowest BCUT2D eigenvalue weighted by Crippen LogP contribution is -2.34. The molecule has 0 saturated heterocycles. The highest BCUT2D eigenvalue weighted by atomic mass is 19.1. The number of aromatic nitrogens is 3. The highest BCUT2D eigenvalue weighted by molar-refractivity contribution is 6.00. The maximum atomic E-state index is 14.4. The number of fused-ring (bicyclic) bond motifs is 2. The zero-order valence-corrected chi connectivity index (χ0v) is 22.3. The maximum absolute atomic E-state index is 14.4. The molecule has 0 unspecified atom stereocenters. The van der Waals surface area contributed by atoms with Crippen LogP contribution in [0, 0.1) is 5.82 Å². The average molecular weight is 553 g/mol. The van der Waals surface area contributed by atoms with E-state index in [0.717, 1.165) is 0 Å². The molecule has 11 nitrogen and oxygen atoms in total. The van der Waals surface area contributed by atoms with E-state index in [1.807, 2.05) is 13.8 Å². The summed E-state index contributed by atoms with van der Waals surface area (Å²) in [7, 11) is 0. The Labute approximate surface area is 229 Å². The van der Waals surface area contributed by atoms with Gasteiger partial charge in [0.1, 0.15) is 17.2 Å². The number of carbonyl (C=O) groups is 2. The number of H-pyrrole nitrogens is 2. The monoisotopic (exact) mass is 552 g/mol.